The number of carbonyl (C=O) groups excluding carboxylic acids is 1. The molecule has 0 atom stereocenters. The van der Waals surface area contributed by atoms with Crippen molar-refractivity contribution in [3.63, 3.8) is 0 Å². The highest BCUT2D eigenvalue weighted by Gasteiger charge is 2.18. The van der Waals surface area contributed by atoms with Crippen molar-refractivity contribution in [3.05, 3.63) is 29.8 Å². The molecule has 1 aliphatic rings. The molecule has 1 heterocycles. The number of hydrogen-bond donors (Lipinski definition) is 1. The van der Waals surface area contributed by atoms with E-state index in [1.807, 2.05) is 23.1 Å². The summed E-state index contributed by atoms with van der Waals surface area (Å²) in [7, 11) is 0. The SMILES string of the molecule is CC(=O)N1CCN(Cc2cccc(OCC(=O)O)c2)CC1. The van der Waals surface area contributed by atoms with Gasteiger partial charge >= 0.3 is 5.97 Å². The van der Waals surface area contributed by atoms with E-state index in [4.69, 9.17) is 9.84 Å². The molecular formula is C15H20N2O4. The number of carboxylic acid groups (broad SMARTS) is 1. The van der Waals surface area contributed by atoms with Crippen LogP contribution in [0.3, 0.4) is 0 Å². The molecule has 1 amide bonds. The molecule has 0 aromatic heterocycles. The van der Waals surface area contributed by atoms with E-state index in [0.717, 1.165) is 38.3 Å². The second kappa shape index (κ2) is 7.08. The predicted molar refractivity (Wildman–Crippen MR) is 77.1 cm³/mol. The van der Waals surface area contributed by atoms with Gasteiger partial charge in [-0.25, -0.2) is 4.79 Å². The molecule has 1 N–H and O–H groups in total. The van der Waals surface area contributed by atoms with Crippen LogP contribution in [0.15, 0.2) is 24.3 Å². The van der Waals surface area contributed by atoms with Crippen LogP contribution in [0.25, 0.3) is 0 Å². The van der Waals surface area contributed by atoms with Crippen molar-refractivity contribution in [2.45, 2.75) is 13.5 Å². The lowest BCUT2D eigenvalue weighted by molar-refractivity contribution is -0.139. The number of rotatable bonds is 5. The molecule has 2 rings (SSSR count). The summed E-state index contributed by atoms with van der Waals surface area (Å²) in [6, 6.07) is 7.46. The van der Waals surface area contributed by atoms with E-state index in [1.165, 1.54) is 0 Å². The van der Waals surface area contributed by atoms with Crippen LogP contribution in [0, 0.1) is 0 Å². The third kappa shape index (κ3) is 4.75. The van der Waals surface area contributed by atoms with Gasteiger partial charge in [0.25, 0.3) is 0 Å². The van der Waals surface area contributed by atoms with E-state index in [0.29, 0.717) is 5.75 Å². The van der Waals surface area contributed by atoms with Gasteiger partial charge < -0.3 is 14.7 Å². The van der Waals surface area contributed by atoms with Crippen LogP contribution >= 0.6 is 0 Å². The molecule has 1 aromatic rings. The van der Waals surface area contributed by atoms with Gasteiger partial charge in [0.15, 0.2) is 6.61 Å². The van der Waals surface area contributed by atoms with E-state index in [2.05, 4.69) is 4.90 Å². The van der Waals surface area contributed by atoms with Crippen LogP contribution in [0.1, 0.15) is 12.5 Å². The quantitative estimate of drug-likeness (QED) is 0.870. The van der Waals surface area contributed by atoms with E-state index >= 15 is 0 Å². The van der Waals surface area contributed by atoms with Crippen molar-refractivity contribution in [1.29, 1.82) is 0 Å². The number of nitrogens with zero attached hydrogens (tertiary/aromatic N) is 2. The van der Waals surface area contributed by atoms with Crippen molar-refractivity contribution in [1.82, 2.24) is 9.80 Å². The van der Waals surface area contributed by atoms with Gasteiger partial charge in [-0.05, 0) is 17.7 Å². The molecule has 114 valence electrons. The van der Waals surface area contributed by atoms with Crippen LogP contribution in [-0.4, -0.2) is 59.6 Å². The molecule has 1 aromatic carbocycles. The summed E-state index contributed by atoms with van der Waals surface area (Å²) in [6.07, 6.45) is 0. The number of benzene rings is 1. The Hall–Kier alpha value is -2.08. The summed E-state index contributed by atoms with van der Waals surface area (Å²) >= 11 is 0. The average molecular weight is 292 g/mol. The highest BCUT2D eigenvalue weighted by molar-refractivity contribution is 5.73. The lowest BCUT2D eigenvalue weighted by atomic mass is 10.2. The highest BCUT2D eigenvalue weighted by atomic mass is 16.5. The molecule has 0 spiro atoms. The number of amides is 1. The van der Waals surface area contributed by atoms with Crippen molar-refractivity contribution in [2.24, 2.45) is 0 Å². The zero-order valence-electron chi connectivity index (χ0n) is 12.1. The van der Waals surface area contributed by atoms with Crippen molar-refractivity contribution in [2.75, 3.05) is 32.8 Å². The molecule has 21 heavy (non-hydrogen) atoms. The minimum atomic E-state index is -0.985. The van der Waals surface area contributed by atoms with Gasteiger partial charge in [0.2, 0.25) is 5.91 Å². The Bertz CT molecular complexity index is 510. The smallest absolute Gasteiger partial charge is 0.341 e. The number of ether oxygens (including phenoxy) is 1. The Balaban J connectivity index is 1.87. The highest BCUT2D eigenvalue weighted by Crippen LogP contribution is 2.16. The van der Waals surface area contributed by atoms with Crippen LogP contribution < -0.4 is 4.74 Å². The van der Waals surface area contributed by atoms with Crippen LogP contribution in [0.5, 0.6) is 5.75 Å². The Morgan fingerprint density at radius 1 is 1.24 bits per heavy atom. The summed E-state index contributed by atoms with van der Waals surface area (Å²) in [5.41, 5.74) is 1.08. The molecular weight excluding hydrogens is 272 g/mol. The summed E-state index contributed by atoms with van der Waals surface area (Å²) < 4.78 is 5.17. The zero-order chi connectivity index (χ0) is 15.2. The van der Waals surface area contributed by atoms with Gasteiger partial charge in [0.05, 0.1) is 0 Å². The summed E-state index contributed by atoms with van der Waals surface area (Å²) in [5, 5.41) is 8.61. The van der Waals surface area contributed by atoms with Gasteiger partial charge in [0, 0.05) is 39.6 Å². The Morgan fingerprint density at radius 2 is 1.95 bits per heavy atom. The molecule has 6 heteroatoms. The minimum Gasteiger partial charge on any atom is -0.482 e. The summed E-state index contributed by atoms with van der Waals surface area (Å²) in [5.74, 6) is -0.295. The summed E-state index contributed by atoms with van der Waals surface area (Å²) in [4.78, 5) is 25.9. The minimum absolute atomic E-state index is 0.124. The third-order valence-electron chi connectivity index (χ3n) is 3.48. The molecule has 0 bridgehead atoms. The van der Waals surface area contributed by atoms with E-state index < -0.39 is 5.97 Å². The maximum absolute atomic E-state index is 11.3. The molecule has 0 radical (unpaired) electrons. The van der Waals surface area contributed by atoms with Crippen LogP contribution in [0.4, 0.5) is 0 Å². The molecule has 6 nitrogen and oxygen atoms in total. The fraction of sp³-hybridized carbons (Fsp3) is 0.467. The number of carbonyl (C=O) groups is 2. The van der Waals surface area contributed by atoms with Crippen LogP contribution in [-0.2, 0) is 16.1 Å². The monoisotopic (exact) mass is 292 g/mol. The maximum atomic E-state index is 11.3. The van der Waals surface area contributed by atoms with Crippen molar-refractivity contribution < 1.29 is 19.4 Å². The van der Waals surface area contributed by atoms with Gasteiger partial charge in [-0.2, -0.15) is 0 Å². The van der Waals surface area contributed by atoms with Crippen molar-refractivity contribution >= 4 is 11.9 Å². The molecule has 0 saturated carbocycles. The molecule has 1 aliphatic heterocycles. The fourth-order valence-electron chi connectivity index (χ4n) is 2.36. The third-order valence-corrected chi connectivity index (χ3v) is 3.48. The topological polar surface area (TPSA) is 70.1 Å². The van der Waals surface area contributed by atoms with E-state index in [-0.39, 0.29) is 12.5 Å². The van der Waals surface area contributed by atoms with Crippen LogP contribution in [0.2, 0.25) is 0 Å². The number of carboxylic acids is 1. The van der Waals surface area contributed by atoms with E-state index in [1.54, 1.807) is 13.0 Å². The molecule has 1 saturated heterocycles. The first kappa shape index (κ1) is 15.3. The van der Waals surface area contributed by atoms with Gasteiger partial charge in [-0.15, -0.1) is 0 Å². The maximum Gasteiger partial charge on any atom is 0.341 e. The van der Waals surface area contributed by atoms with Gasteiger partial charge in [0.1, 0.15) is 5.75 Å². The molecule has 1 fully saturated rings. The standard InChI is InChI=1S/C15H20N2O4/c1-12(18)17-7-5-16(6-8-17)10-13-3-2-4-14(9-13)21-11-15(19)20/h2-4,9H,5-8,10-11H2,1H3,(H,19,20). The van der Waals surface area contributed by atoms with E-state index in [9.17, 15) is 9.59 Å². The Labute approximate surface area is 123 Å². The Kier molecular flexibility index (Phi) is 5.16. The molecule has 0 unspecified atom stereocenters. The lowest BCUT2D eigenvalue weighted by Crippen LogP contribution is -2.47. The number of hydrogen-bond acceptors (Lipinski definition) is 4. The normalized spacial score (nSPS) is 15.8. The first-order chi connectivity index (χ1) is 10.0. The molecule has 0 aliphatic carbocycles. The first-order valence-corrected chi connectivity index (χ1v) is 6.96. The average Bonchev–Trinajstić information content (AvgIpc) is 2.46. The zero-order valence-corrected chi connectivity index (χ0v) is 12.1. The van der Waals surface area contributed by atoms with Gasteiger partial charge in [-0.3, -0.25) is 9.69 Å². The largest absolute Gasteiger partial charge is 0.482 e. The Morgan fingerprint density at radius 3 is 2.57 bits per heavy atom. The van der Waals surface area contributed by atoms with Gasteiger partial charge in [-0.1, -0.05) is 12.1 Å². The first-order valence-electron chi connectivity index (χ1n) is 6.96. The predicted octanol–water partition coefficient (Wildman–Crippen LogP) is 0.814. The van der Waals surface area contributed by atoms with Crippen molar-refractivity contribution in [3.8, 4) is 5.75 Å². The second-order valence-corrected chi connectivity index (χ2v) is 5.11. The number of piperazine rings is 1. The lowest BCUT2D eigenvalue weighted by Gasteiger charge is -2.34. The second-order valence-electron chi connectivity index (χ2n) is 5.11. The summed E-state index contributed by atoms with van der Waals surface area (Å²) in [6.45, 7) is 5.24. The fourth-order valence-corrected chi connectivity index (χ4v) is 2.36. The number of aliphatic carboxylic acids is 1.